The molecule has 8 nitrogen and oxygen atoms in total. The zero-order valence-corrected chi connectivity index (χ0v) is 19.1. The van der Waals surface area contributed by atoms with Crippen LogP contribution in [0, 0.1) is 6.92 Å². The van der Waals surface area contributed by atoms with Crippen LogP contribution in [0.4, 0.5) is 5.82 Å². The second-order valence-corrected chi connectivity index (χ2v) is 8.29. The van der Waals surface area contributed by atoms with Gasteiger partial charge in [0.1, 0.15) is 12.0 Å². The first-order valence-corrected chi connectivity index (χ1v) is 11.1. The van der Waals surface area contributed by atoms with Crippen LogP contribution in [-0.4, -0.2) is 72.1 Å². The summed E-state index contributed by atoms with van der Waals surface area (Å²) in [7, 11) is 1.61. The Kier molecular flexibility index (Phi) is 6.90. The molecule has 2 aromatic rings. The molecule has 1 saturated heterocycles. The van der Waals surface area contributed by atoms with Crippen molar-refractivity contribution < 1.29 is 14.3 Å². The molecule has 1 fully saturated rings. The Bertz CT molecular complexity index is 985. The summed E-state index contributed by atoms with van der Waals surface area (Å²) in [5.74, 6) is 2.05. The fraction of sp³-hybridized carbons (Fsp3) is 0.458. The number of nitrogens with zero attached hydrogens (tertiary/aromatic N) is 5. The second-order valence-electron chi connectivity index (χ2n) is 8.29. The van der Waals surface area contributed by atoms with Crippen LogP contribution in [0.1, 0.15) is 35.7 Å². The molecular formula is C24H31N5O3. The molecule has 0 saturated carbocycles. The van der Waals surface area contributed by atoms with Crippen molar-refractivity contribution in [2.75, 3.05) is 51.3 Å². The lowest BCUT2D eigenvalue weighted by molar-refractivity contribution is 0.0804. The first-order valence-electron chi connectivity index (χ1n) is 11.1. The second kappa shape index (κ2) is 9.99. The molecule has 32 heavy (non-hydrogen) atoms. The van der Waals surface area contributed by atoms with Gasteiger partial charge < -0.3 is 19.3 Å². The summed E-state index contributed by atoms with van der Waals surface area (Å²) in [6, 6.07) is 5.73. The number of anilines is 1. The largest absolute Gasteiger partial charge is 0.480 e. The van der Waals surface area contributed by atoms with Crippen molar-refractivity contribution in [1.82, 2.24) is 19.8 Å². The first kappa shape index (κ1) is 22.1. The summed E-state index contributed by atoms with van der Waals surface area (Å²) < 4.78 is 10.9. The zero-order chi connectivity index (χ0) is 22.5. The first-order chi connectivity index (χ1) is 15.5. The van der Waals surface area contributed by atoms with E-state index in [2.05, 4.69) is 19.8 Å². The van der Waals surface area contributed by atoms with Crippen LogP contribution in [0.15, 0.2) is 42.6 Å². The fourth-order valence-electron chi connectivity index (χ4n) is 4.09. The molecule has 170 valence electrons. The van der Waals surface area contributed by atoms with Crippen molar-refractivity contribution in [3.8, 4) is 11.6 Å². The Labute approximate surface area is 189 Å². The molecule has 0 spiro atoms. The molecule has 0 N–H and O–H groups in total. The van der Waals surface area contributed by atoms with E-state index < -0.39 is 0 Å². The topological polar surface area (TPSA) is 71.0 Å². The Hall–Kier alpha value is -3.13. The third-order valence-electron chi connectivity index (χ3n) is 6.01. The molecule has 0 atom stereocenters. The highest BCUT2D eigenvalue weighted by molar-refractivity contribution is 5.98. The highest BCUT2D eigenvalue weighted by atomic mass is 16.5. The highest BCUT2D eigenvalue weighted by Crippen LogP contribution is 2.27. The molecule has 8 heteroatoms. The summed E-state index contributed by atoms with van der Waals surface area (Å²) in [5.41, 5.74) is 2.55. The van der Waals surface area contributed by atoms with Gasteiger partial charge in [-0.05, 0) is 50.9 Å². The van der Waals surface area contributed by atoms with E-state index in [1.807, 2.05) is 36.9 Å². The highest BCUT2D eigenvalue weighted by Gasteiger charge is 2.24. The number of aromatic nitrogens is 2. The van der Waals surface area contributed by atoms with Crippen LogP contribution < -0.4 is 14.4 Å². The predicted molar refractivity (Wildman–Crippen MR) is 123 cm³/mol. The van der Waals surface area contributed by atoms with E-state index >= 15 is 0 Å². The average Bonchev–Trinajstić information content (AvgIpc) is 2.93. The molecule has 3 heterocycles. The van der Waals surface area contributed by atoms with Gasteiger partial charge in [-0.15, -0.1) is 0 Å². The monoisotopic (exact) mass is 437 g/mol. The van der Waals surface area contributed by atoms with Gasteiger partial charge >= 0.3 is 0 Å². The minimum atomic E-state index is 0.0132. The van der Waals surface area contributed by atoms with E-state index in [4.69, 9.17) is 9.47 Å². The Morgan fingerprint density at radius 2 is 1.84 bits per heavy atom. The molecule has 0 bridgehead atoms. The number of allylic oxidation sites excluding steroid dienone is 1. The average molecular weight is 438 g/mol. The molecule has 0 radical (unpaired) electrons. The van der Waals surface area contributed by atoms with Gasteiger partial charge in [-0.3, -0.25) is 14.7 Å². The molecule has 1 aromatic carbocycles. The van der Waals surface area contributed by atoms with Crippen LogP contribution in [0.2, 0.25) is 0 Å². The molecule has 0 unspecified atom stereocenters. The van der Waals surface area contributed by atoms with Crippen molar-refractivity contribution in [2.24, 2.45) is 0 Å². The van der Waals surface area contributed by atoms with Gasteiger partial charge in [0.15, 0.2) is 5.82 Å². The van der Waals surface area contributed by atoms with Gasteiger partial charge in [0.25, 0.3) is 5.91 Å². The number of benzene rings is 1. The minimum Gasteiger partial charge on any atom is -0.480 e. The number of piperazine rings is 1. The maximum absolute atomic E-state index is 13.0. The molecule has 2 aliphatic heterocycles. The lowest BCUT2D eigenvalue weighted by Gasteiger charge is -2.35. The third kappa shape index (κ3) is 5.02. The SMILES string of the molecule is COc1cncc(N2CCN(CCCCN3C(=O)c4ccc(C)cc4OC=C3C)CC2)n1. The van der Waals surface area contributed by atoms with Gasteiger partial charge in [0.2, 0.25) is 5.88 Å². The van der Waals surface area contributed by atoms with Gasteiger partial charge in [-0.25, -0.2) is 0 Å². The number of amides is 1. The lowest BCUT2D eigenvalue weighted by atomic mass is 10.1. The van der Waals surface area contributed by atoms with E-state index in [9.17, 15) is 4.79 Å². The third-order valence-corrected chi connectivity index (χ3v) is 6.01. The Morgan fingerprint density at radius 1 is 1.06 bits per heavy atom. The van der Waals surface area contributed by atoms with E-state index in [1.54, 1.807) is 25.8 Å². The van der Waals surface area contributed by atoms with Crippen LogP contribution in [0.3, 0.4) is 0 Å². The molecule has 4 rings (SSSR count). The van der Waals surface area contributed by atoms with Gasteiger partial charge in [0.05, 0.1) is 30.8 Å². The van der Waals surface area contributed by atoms with Crippen LogP contribution >= 0.6 is 0 Å². The van der Waals surface area contributed by atoms with Gasteiger partial charge in [-0.1, -0.05) is 6.07 Å². The van der Waals surface area contributed by atoms with E-state index in [1.165, 1.54) is 0 Å². The summed E-state index contributed by atoms with van der Waals surface area (Å²) in [6.07, 6.45) is 7.08. The quantitative estimate of drug-likeness (QED) is 0.617. The molecule has 1 amide bonds. The molecular weight excluding hydrogens is 406 g/mol. The number of unbranched alkanes of at least 4 members (excludes halogenated alkanes) is 1. The van der Waals surface area contributed by atoms with E-state index in [0.29, 0.717) is 23.7 Å². The summed E-state index contributed by atoms with van der Waals surface area (Å²) in [6.45, 7) is 9.45. The minimum absolute atomic E-state index is 0.0132. The summed E-state index contributed by atoms with van der Waals surface area (Å²) >= 11 is 0. The molecule has 1 aromatic heterocycles. The Morgan fingerprint density at radius 3 is 2.62 bits per heavy atom. The molecule has 2 aliphatic rings. The number of carbonyl (C=O) groups excluding carboxylic acids is 1. The maximum Gasteiger partial charge on any atom is 0.261 e. The number of ether oxygens (including phenoxy) is 2. The fourth-order valence-corrected chi connectivity index (χ4v) is 4.09. The van der Waals surface area contributed by atoms with Crippen molar-refractivity contribution in [3.63, 3.8) is 0 Å². The number of fused-ring (bicyclic) bond motifs is 1. The van der Waals surface area contributed by atoms with Gasteiger partial charge in [-0.2, -0.15) is 4.98 Å². The van der Waals surface area contributed by atoms with Gasteiger partial charge in [0, 0.05) is 32.7 Å². The maximum atomic E-state index is 13.0. The lowest BCUT2D eigenvalue weighted by Crippen LogP contribution is -2.47. The molecule has 0 aliphatic carbocycles. The normalized spacial score (nSPS) is 16.8. The standard InChI is InChI=1S/C24H31N5O3/c1-18-6-7-20-21(14-18)32-17-19(2)29(24(20)30)9-5-4-8-27-10-12-28(13-11-27)22-15-25-16-23(26-22)31-3/h6-7,14-17H,4-5,8-13H2,1-3H3. The predicted octanol–water partition coefficient (Wildman–Crippen LogP) is 3.09. The van der Waals surface area contributed by atoms with E-state index in [0.717, 1.165) is 62.6 Å². The Balaban J connectivity index is 1.24. The van der Waals surface area contributed by atoms with Crippen molar-refractivity contribution in [3.05, 3.63) is 53.7 Å². The number of rotatable bonds is 7. The van der Waals surface area contributed by atoms with E-state index in [-0.39, 0.29) is 5.91 Å². The number of methoxy groups -OCH3 is 1. The van der Waals surface area contributed by atoms with Crippen molar-refractivity contribution >= 4 is 11.7 Å². The summed E-state index contributed by atoms with van der Waals surface area (Å²) in [4.78, 5) is 28.3. The number of aryl methyl sites for hydroxylation is 1. The van der Waals surface area contributed by atoms with Crippen molar-refractivity contribution in [2.45, 2.75) is 26.7 Å². The summed E-state index contributed by atoms with van der Waals surface area (Å²) in [5, 5.41) is 0. The van der Waals surface area contributed by atoms with Crippen LogP contribution in [0.25, 0.3) is 0 Å². The number of hydrogen-bond acceptors (Lipinski definition) is 7. The number of hydrogen-bond donors (Lipinski definition) is 0. The number of carbonyl (C=O) groups is 1. The zero-order valence-electron chi connectivity index (χ0n) is 19.1. The van der Waals surface area contributed by atoms with Crippen molar-refractivity contribution in [1.29, 1.82) is 0 Å². The van der Waals surface area contributed by atoms with Crippen LogP contribution in [0.5, 0.6) is 11.6 Å². The smallest absolute Gasteiger partial charge is 0.261 e. The van der Waals surface area contributed by atoms with Crippen LogP contribution in [-0.2, 0) is 0 Å².